The van der Waals surface area contributed by atoms with Gasteiger partial charge in [0.05, 0.1) is 19.8 Å². The molecule has 1 aliphatic rings. The maximum Gasteiger partial charge on any atom is 0.273 e. The Morgan fingerprint density at radius 1 is 1.19 bits per heavy atom. The Kier molecular flexibility index (Phi) is 5.51. The number of nitrogens with zero attached hydrogens (tertiary/aromatic N) is 2. The van der Waals surface area contributed by atoms with E-state index in [4.69, 9.17) is 21.1 Å². The highest BCUT2D eigenvalue weighted by atomic mass is 35.5. The monoisotopic (exact) mass is 443 g/mol. The number of carbonyl (C=O) groups excluding carboxylic acids is 1. The number of rotatable bonds is 6. The first-order valence-corrected chi connectivity index (χ1v) is 9.99. The number of hydrogen-bond donors (Lipinski definition) is 3. The Bertz CT molecular complexity index is 1160. The number of aromatic hydroxyl groups is 2. The Balaban J connectivity index is 1.92. The molecule has 1 amide bonds. The van der Waals surface area contributed by atoms with Crippen molar-refractivity contribution in [3.63, 3.8) is 0 Å². The van der Waals surface area contributed by atoms with Gasteiger partial charge in [-0.1, -0.05) is 17.7 Å². The molecule has 1 aromatic heterocycles. The first-order valence-electron chi connectivity index (χ1n) is 9.61. The minimum absolute atomic E-state index is 0.00498. The van der Waals surface area contributed by atoms with E-state index in [0.717, 1.165) is 11.1 Å². The number of aryl methyl sites for hydroxylation is 1. The van der Waals surface area contributed by atoms with Crippen molar-refractivity contribution in [3.8, 4) is 28.5 Å². The van der Waals surface area contributed by atoms with Crippen molar-refractivity contribution in [3.05, 3.63) is 57.7 Å². The molecule has 0 aliphatic carbocycles. The summed E-state index contributed by atoms with van der Waals surface area (Å²) in [6, 6.07) is 7.60. The summed E-state index contributed by atoms with van der Waals surface area (Å²) in [5.74, 6) is 0.0625. The number of fused-ring (bicyclic) bond motifs is 1. The molecule has 2 heterocycles. The Labute approximate surface area is 184 Å². The van der Waals surface area contributed by atoms with Gasteiger partial charge in [0.1, 0.15) is 17.1 Å². The molecule has 3 N–H and O–H groups in total. The number of aromatic nitrogens is 2. The molecule has 0 radical (unpaired) electrons. The van der Waals surface area contributed by atoms with Gasteiger partial charge in [0, 0.05) is 29.8 Å². The van der Waals surface area contributed by atoms with Crippen molar-refractivity contribution < 1.29 is 24.5 Å². The van der Waals surface area contributed by atoms with Gasteiger partial charge in [-0.05, 0) is 42.3 Å². The Hall–Kier alpha value is -3.23. The number of amides is 1. The molecular formula is C22H22ClN3O5. The standard InChI is InChI=1S/C22H22ClN3O5/c1-11-8-16(28)13(10-14(11)23)19-18-20(25-24-19)22(29)26(6-7-30-2)21(18)12-4-5-15(27)17(9-12)31-3/h4-5,8-10,21,27-28H,6-7H2,1-3H3,(H,24,25). The second kappa shape index (κ2) is 8.13. The SMILES string of the molecule is COCCN1C(=O)c2[nH]nc(-c3cc(Cl)c(C)cc3O)c2C1c1ccc(O)c(OC)c1. The Morgan fingerprint density at radius 2 is 1.97 bits per heavy atom. The summed E-state index contributed by atoms with van der Waals surface area (Å²) in [5.41, 5.74) is 3.25. The molecule has 0 spiro atoms. The molecule has 3 aromatic rings. The fourth-order valence-corrected chi connectivity index (χ4v) is 4.05. The number of methoxy groups -OCH3 is 2. The maximum absolute atomic E-state index is 13.2. The molecule has 1 aliphatic heterocycles. The molecule has 9 heteroatoms. The van der Waals surface area contributed by atoms with Crippen LogP contribution in [0, 0.1) is 6.92 Å². The highest BCUT2D eigenvalue weighted by Gasteiger charge is 2.42. The molecule has 0 fully saturated rings. The number of ether oxygens (including phenoxy) is 2. The van der Waals surface area contributed by atoms with Gasteiger partial charge in [-0.25, -0.2) is 0 Å². The summed E-state index contributed by atoms with van der Waals surface area (Å²) in [6.45, 7) is 2.47. The van der Waals surface area contributed by atoms with Crippen LogP contribution in [0.5, 0.6) is 17.2 Å². The highest BCUT2D eigenvalue weighted by Crippen LogP contribution is 2.46. The van der Waals surface area contributed by atoms with Crippen LogP contribution in [0.3, 0.4) is 0 Å². The van der Waals surface area contributed by atoms with Gasteiger partial charge < -0.3 is 24.6 Å². The first-order chi connectivity index (χ1) is 14.9. The molecule has 1 unspecified atom stereocenters. The number of phenols is 2. The maximum atomic E-state index is 13.2. The van der Waals surface area contributed by atoms with Crippen LogP contribution >= 0.6 is 11.6 Å². The summed E-state index contributed by atoms with van der Waals surface area (Å²) in [5, 5.41) is 28.3. The van der Waals surface area contributed by atoms with Crippen LogP contribution in [-0.2, 0) is 4.74 Å². The zero-order valence-corrected chi connectivity index (χ0v) is 18.0. The van der Waals surface area contributed by atoms with E-state index in [1.54, 1.807) is 43.2 Å². The van der Waals surface area contributed by atoms with Crippen molar-refractivity contribution in [2.45, 2.75) is 13.0 Å². The predicted molar refractivity (Wildman–Crippen MR) is 115 cm³/mol. The number of nitrogens with one attached hydrogen (secondary N) is 1. The van der Waals surface area contributed by atoms with E-state index in [1.165, 1.54) is 13.2 Å². The van der Waals surface area contributed by atoms with Crippen LogP contribution < -0.4 is 4.74 Å². The lowest BCUT2D eigenvalue weighted by Crippen LogP contribution is -2.32. The van der Waals surface area contributed by atoms with Crippen molar-refractivity contribution >= 4 is 17.5 Å². The number of halogens is 1. The molecule has 162 valence electrons. The molecule has 1 atom stereocenters. The van der Waals surface area contributed by atoms with E-state index >= 15 is 0 Å². The third-order valence-corrected chi connectivity index (χ3v) is 5.86. The summed E-state index contributed by atoms with van der Waals surface area (Å²) < 4.78 is 10.5. The van der Waals surface area contributed by atoms with Crippen LogP contribution in [0.1, 0.15) is 33.2 Å². The van der Waals surface area contributed by atoms with Crippen molar-refractivity contribution in [2.75, 3.05) is 27.4 Å². The average molecular weight is 444 g/mol. The van der Waals surface area contributed by atoms with Gasteiger partial charge in [-0.15, -0.1) is 0 Å². The van der Waals surface area contributed by atoms with Crippen LogP contribution in [-0.4, -0.2) is 58.6 Å². The third kappa shape index (κ3) is 3.47. The molecule has 4 rings (SSSR count). The van der Waals surface area contributed by atoms with Crippen molar-refractivity contribution in [1.82, 2.24) is 15.1 Å². The van der Waals surface area contributed by atoms with Crippen LogP contribution in [0.2, 0.25) is 5.02 Å². The topological polar surface area (TPSA) is 108 Å². The zero-order chi connectivity index (χ0) is 22.3. The number of benzene rings is 2. The fourth-order valence-electron chi connectivity index (χ4n) is 3.89. The number of H-pyrrole nitrogens is 1. The summed E-state index contributed by atoms with van der Waals surface area (Å²) in [7, 11) is 3.03. The van der Waals surface area contributed by atoms with Gasteiger partial charge >= 0.3 is 0 Å². The first kappa shape index (κ1) is 21.0. The van der Waals surface area contributed by atoms with Gasteiger partial charge in [-0.2, -0.15) is 5.10 Å². The molecule has 2 aromatic carbocycles. The van der Waals surface area contributed by atoms with E-state index in [9.17, 15) is 15.0 Å². The number of carbonyl (C=O) groups is 1. The number of aromatic amines is 1. The number of hydrogen-bond acceptors (Lipinski definition) is 6. The van der Waals surface area contributed by atoms with Crippen LogP contribution in [0.4, 0.5) is 0 Å². The lowest BCUT2D eigenvalue weighted by atomic mass is 9.95. The second-order valence-corrected chi connectivity index (χ2v) is 7.71. The second-order valence-electron chi connectivity index (χ2n) is 7.30. The molecule has 0 bridgehead atoms. The van der Waals surface area contributed by atoms with Gasteiger partial charge in [-0.3, -0.25) is 9.89 Å². The highest BCUT2D eigenvalue weighted by molar-refractivity contribution is 6.31. The summed E-state index contributed by atoms with van der Waals surface area (Å²) in [6.07, 6.45) is 0. The van der Waals surface area contributed by atoms with Crippen LogP contribution in [0.15, 0.2) is 30.3 Å². The minimum atomic E-state index is -0.527. The van der Waals surface area contributed by atoms with Gasteiger partial charge in [0.25, 0.3) is 5.91 Å². The smallest absolute Gasteiger partial charge is 0.273 e. The van der Waals surface area contributed by atoms with Gasteiger partial charge in [0.2, 0.25) is 0 Å². The van der Waals surface area contributed by atoms with E-state index in [1.807, 2.05) is 0 Å². The number of phenolic OH excluding ortho intramolecular Hbond substituents is 2. The van der Waals surface area contributed by atoms with E-state index in [0.29, 0.717) is 40.7 Å². The predicted octanol–water partition coefficient (Wildman–Crippen LogP) is 3.65. The van der Waals surface area contributed by atoms with E-state index < -0.39 is 6.04 Å². The normalized spacial score (nSPS) is 15.4. The van der Waals surface area contributed by atoms with Crippen molar-refractivity contribution in [2.24, 2.45) is 0 Å². The molecule has 0 saturated carbocycles. The molecule has 8 nitrogen and oxygen atoms in total. The van der Waals surface area contributed by atoms with E-state index in [-0.39, 0.29) is 23.2 Å². The van der Waals surface area contributed by atoms with Crippen LogP contribution in [0.25, 0.3) is 11.3 Å². The van der Waals surface area contributed by atoms with Crippen molar-refractivity contribution in [1.29, 1.82) is 0 Å². The molecule has 31 heavy (non-hydrogen) atoms. The summed E-state index contributed by atoms with van der Waals surface area (Å²) in [4.78, 5) is 14.8. The third-order valence-electron chi connectivity index (χ3n) is 5.45. The largest absolute Gasteiger partial charge is 0.507 e. The molecule has 0 saturated heterocycles. The Morgan fingerprint density at radius 3 is 2.68 bits per heavy atom. The summed E-state index contributed by atoms with van der Waals surface area (Å²) >= 11 is 6.30. The fraction of sp³-hybridized carbons (Fsp3) is 0.273. The van der Waals surface area contributed by atoms with E-state index in [2.05, 4.69) is 10.2 Å². The quantitative estimate of drug-likeness (QED) is 0.536. The lowest BCUT2D eigenvalue weighted by Gasteiger charge is -2.26. The van der Waals surface area contributed by atoms with Gasteiger partial charge in [0.15, 0.2) is 11.5 Å². The minimum Gasteiger partial charge on any atom is -0.507 e. The average Bonchev–Trinajstić information content (AvgIpc) is 3.28. The zero-order valence-electron chi connectivity index (χ0n) is 17.3. The molecular weight excluding hydrogens is 422 g/mol. The lowest BCUT2D eigenvalue weighted by molar-refractivity contribution is 0.0677.